The number of hydrogen-bond acceptors (Lipinski definition) is 4. The lowest BCUT2D eigenvalue weighted by Gasteiger charge is -2.07. The minimum Gasteiger partial charge on any atom is -0.379 e. The quantitative estimate of drug-likeness (QED) is 0.491. The molecule has 1 aromatic carbocycles. The van der Waals surface area contributed by atoms with Gasteiger partial charge in [0.15, 0.2) is 0 Å². The monoisotopic (exact) mass is 300 g/mol. The lowest BCUT2D eigenvalue weighted by molar-refractivity contribution is 0.0990. The Morgan fingerprint density at radius 1 is 0.950 bits per heavy atom. The van der Waals surface area contributed by atoms with E-state index in [1.54, 1.807) is 24.3 Å². The molecule has 0 aromatic heterocycles. The molecule has 0 heterocycles. The van der Waals surface area contributed by atoms with Crippen molar-refractivity contribution in [2.45, 2.75) is 44.4 Å². The van der Waals surface area contributed by atoms with Crippen LogP contribution in [0.15, 0.2) is 29.2 Å². The summed E-state index contributed by atoms with van der Waals surface area (Å²) in [6, 6.07) is 6.60. The molecule has 0 aliphatic heterocycles. The standard InChI is InChI=1S/C15H24O4S/c1-3-4-5-6-11-18-12-13-19-20(16,17)15-9-7-14(2)8-10-15/h7-10H,3-6,11-13H2,1-2H3. The van der Waals surface area contributed by atoms with E-state index in [1.165, 1.54) is 12.8 Å². The van der Waals surface area contributed by atoms with Crippen LogP contribution in [-0.2, 0) is 19.0 Å². The lowest BCUT2D eigenvalue weighted by Crippen LogP contribution is -2.12. The second kappa shape index (κ2) is 9.10. The molecule has 0 atom stereocenters. The Hall–Kier alpha value is -0.910. The van der Waals surface area contributed by atoms with Gasteiger partial charge in [-0.05, 0) is 25.5 Å². The average molecular weight is 300 g/mol. The first-order chi connectivity index (χ1) is 9.56. The van der Waals surface area contributed by atoms with Crippen molar-refractivity contribution in [3.63, 3.8) is 0 Å². The van der Waals surface area contributed by atoms with Crippen molar-refractivity contribution in [3.8, 4) is 0 Å². The zero-order valence-corrected chi connectivity index (χ0v) is 13.1. The van der Waals surface area contributed by atoms with E-state index in [-0.39, 0.29) is 11.5 Å². The molecule has 0 aliphatic rings. The topological polar surface area (TPSA) is 52.6 Å². The first-order valence-electron chi connectivity index (χ1n) is 7.10. The van der Waals surface area contributed by atoms with Gasteiger partial charge in [0.25, 0.3) is 10.1 Å². The Morgan fingerprint density at radius 2 is 1.65 bits per heavy atom. The minimum absolute atomic E-state index is 0.0595. The smallest absolute Gasteiger partial charge is 0.297 e. The summed E-state index contributed by atoms with van der Waals surface area (Å²) in [5.74, 6) is 0. The van der Waals surface area contributed by atoms with Crippen LogP contribution < -0.4 is 0 Å². The second-order valence-electron chi connectivity index (χ2n) is 4.76. The third-order valence-corrected chi connectivity index (χ3v) is 4.24. The van der Waals surface area contributed by atoms with Crippen LogP contribution in [0, 0.1) is 6.92 Å². The third kappa shape index (κ3) is 6.50. The third-order valence-electron chi connectivity index (χ3n) is 2.92. The van der Waals surface area contributed by atoms with Gasteiger partial charge in [0, 0.05) is 6.61 Å². The zero-order valence-electron chi connectivity index (χ0n) is 12.3. The maximum absolute atomic E-state index is 11.8. The number of benzene rings is 1. The van der Waals surface area contributed by atoms with Crippen molar-refractivity contribution in [1.29, 1.82) is 0 Å². The van der Waals surface area contributed by atoms with Crippen molar-refractivity contribution in [1.82, 2.24) is 0 Å². The van der Waals surface area contributed by atoms with Crippen molar-refractivity contribution in [3.05, 3.63) is 29.8 Å². The SMILES string of the molecule is CCCCCCOCCOS(=O)(=O)c1ccc(C)cc1. The predicted octanol–water partition coefficient (Wildman–Crippen LogP) is 3.30. The normalized spacial score (nSPS) is 11.7. The predicted molar refractivity (Wildman–Crippen MR) is 79.3 cm³/mol. The summed E-state index contributed by atoms with van der Waals surface area (Å²) in [5.41, 5.74) is 1.01. The summed E-state index contributed by atoms with van der Waals surface area (Å²) in [6.07, 6.45) is 4.57. The van der Waals surface area contributed by atoms with Crippen molar-refractivity contribution < 1.29 is 17.3 Å². The van der Waals surface area contributed by atoms with Gasteiger partial charge in [-0.2, -0.15) is 8.42 Å². The number of aryl methyl sites for hydroxylation is 1. The molecular formula is C15H24O4S. The van der Waals surface area contributed by atoms with Gasteiger partial charge in [-0.1, -0.05) is 43.9 Å². The molecule has 4 nitrogen and oxygen atoms in total. The van der Waals surface area contributed by atoms with Gasteiger partial charge in [-0.15, -0.1) is 0 Å². The Labute approximate surface area is 122 Å². The fourth-order valence-corrected chi connectivity index (χ4v) is 2.60. The number of ether oxygens (including phenoxy) is 1. The maximum Gasteiger partial charge on any atom is 0.297 e. The number of hydrogen-bond donors (Lipinski definition) is 0. The van der Waals surface area contributed by atoms with E-state index in [1.807, 2.05) is 6.92 Å². The molecule has 0 N–H and O–H groups in total. The van der Waals surface area contributed by atoms with Gasteiger partial charge >= 0.3 is 0 Å². The highest BCUT2D eigenvalue weighted by Gasteiger charge is 2.14. The lowest BCUT2D eigenvalue weighted by atomic mass is 10.2. The molecule has 1 rings (SSSR count). The molecule has 0 unspecified atom stereocenters. The largest absolute Gasteiger partial charge is 0.379 e. The Balaban J connectivity index is 2.22. The van der Waals surface area contributed by atoms with Crippen molar-refractivity contribution >= 4 is 10.1 Å². The van der Waals surface area contributed by atoms with Gasteiger partial charge < -0.3 is 4.74 Å². The molecule has 0 aliphatic carbocycles. The summed E-state index contributed by atoms with van der Waals surface area (Å²) < 4.78 is 34.0. The van der Waals surface area contributed by atoms with Crippen molar-refractivity contribution in [2.75, 3.05) is 19.8 Å². The highest BCUT2D eigenvalue weighted by Crippen LogP contribution is 2.12. The van der Waals surface area contributed by atoms with Crippen LogP contribution in [0.5, 0.6) is 0 Å². The van der Waals surface area contributed by atoms with Crippen LogP contribution in [0.3, 0.4) is 0 Å². The second-order valence-corrected chi connectivity index (χ2v) is 6.38. The van der Waals surface area contributed by atoms with E-state index < -0.39 is 10.1 Å². The number of unbranched alkanes of at least 4 members (excludes halogenated alkanes) is 3. The summed E-state index contributed by atoms with van der Waals surface area (Å²) in [6.45, 7) is 5.09. The summed E-state index contributed by atoms with van der Waals surface area (Å²) >= 11 is 0. The fraction of sp³-hybridized carbons (Fsp3) is 0.600. The van der Waals surface area contributed by atoms with Crippen LogP contribution in [-0.4, -0.2) is 28.2 Å². The zero-order chi connectivity index (χ0) is 14.8. The van der Waals surface area contributed by atoms with E-state index in [0.717, 1.165) is 18.4 Å². The summed E-state index contributed by atoms with van der Waals surface area (Å²) in [5, 5.41) is 0. The average Bonchev–Trinajstić information content (AvgIpc) is 2.42. The van der Waals surface area contributed by atoms with Crippen LogP contribution in [0.25, 0.3) is 0 Å². The fourth-order valence-electron chi connectivity index (χ4n) is 1.71. The van der Waals surface area contributed by atoms with E-state index in [2.05, 4.69) is 6.92 Å². The van der Waals surface area contributed by atoms with E-state index in [4.69, 9.17) is 8.92 Å². The maximum atomic E-state index is 11.8. The molecule has 20 heavy (non-hydrogen) atoms. The summed E-state index contributed by atoms with van der Waals surface area (Å²) in [7, 11) is -3.66. The van der Waals surface area contributed by atoms with Crippen LogP contribution in [0.1, 0.15) is 38.2 Å². The van der Waals surface area contributed by atoms with Gasteiger partial charge in [-0.25, -0.2) is 0 Å². The molecular weight excluding hydrogens is 276 g/mol. The molecule has 1 aromatic rings. The van der Waals surface area contributed by atoms with Gasteiger partial charge in [0.2, 0.25) is 0 Å². The highest BCUT2D eigenvalue weighted by molar-refractivity contribution is 7.86. The summed E-state index contributed by atoms with van der Waals surface area (Å²) in [4.78, 5) is 0.186. The first-order valence-corrected chi connectivity index (χ1v) is 8.51. The molecule has 0 saturated heterocycles. The van der Waals surface area contributed by atoms with E-state index in [0.29, 0.717) is 13.2 Å². The van der Waals surface area contributed by atoms with Gasteiger partial charge in [0.05, 0.1) is 18.1 Å². The molecule has 0 fully saturated rings. The number of rotatable bonds is 10. The van der Waals surface area contributed by atoms with Gasteiger partial charge in [-0.3, -0.25) is 4.18 Å². The molecule has 0 bridgehead atoms. The van der Waals surface area contributed by atoms with E-state index >= 15 is 0 Å². The molecule has 0 amide bonds. The molecule has 114 valence electrons. The minimum atomic E-state index is -3.66. The van der Waals surface area contributed by atoms with Crippen LogP contribution in [0.4, 0.5) is 0 Å². The first kappa shape index (κ1) is 17.1. The molecule has 0 radical (unpaired) electrons. The molecule has 0 spiro atoms. The van der Waals surface area contributed by atoms with Gasteiger partial charge in [0.1, 0.15) is 0 Å². The molecule has 0 saturated carbocycles. The molecule has 5 heteroatoms. The Bertz CT molecular complexity index is 465. The van der Waals surface area contributed by atoms with Crippen LogP contribution >= 0.6 is 0 Å². The van der Waals surface area contributed by atoms with Crippen molar-refractivity contribution in [2.24, 2.45) is 0 Å². The Kier molecular flexibility index (Phi) is 7.80. The highest BCUT2D eigenvalue weighted by atomic mass is 32.2. The Morgan fingerprint density at radius 3 is 2.30 bits per heavy atom. The van der Waals surface area contributed by atoms with E-state index in [9.17, 15) is 8.42 Å². The van der Waals surface area contributed by atoms with Crippen LogP contribution in [0.2, 0.25) is 0 Å².